The highest BCUT2D eigenvalue weighted by molar-refractivity contribution is 6.03. The van der Waals surface area contributed by atoms with Gasteiger partial charge in [0, 0.05) is 6.42 Å². The van der Waals surface area contributed by atoms with E-state index in [1.54, 1.807) is 0 Å². The maximum Gasteiger partial charge on any atom is 0.140 e. The summed E-state index contributed by atoms with van der Waals surface area (Å²) < 4.78 is 0. The molecule has 16 heavy (non-hydrogen) atoms. The summed E-state index contributed by atoms with van der Waals surface area (Å²) in [5, 5.41) is 18.5. The van der Waals surface area contributed by atoms with Crippen molar-refractivity contribution in [1.82, 2.24) is 0 Å². The number of rotatable bonds is 2. The molecule has 1 unspecified atom stereocenters. The molecular weight excluding hydrogens is 202 g/mol. The second-order valence-corrected chi connectivity index (χ2v) is 3.59. The van der Waals surface area contributed by atoms with Crippen molar-refractivity contribution in [2.24, 2.45) is 10.7 Å². The Morgan fingerprint density at radius 3 is 2.62 bits per heavy atom. The predicted octanol–water partition coefficient (Wildman–Crippen LogP) is 1.30. The van der Waals surface area contributed by atoms with E-state index in [4.69, 9.17) is 11.0 Å². The van der Waals surface area contributed by atoms with Crippen molar-refractivity contribution in [2.75, 3.05) is 0 Å². The van der Waals surface area contributed by atoms with Gasteiger partial charge >= 0.3 is 0 Å². The molecule has 80 valence electrons. The summed E-state index contributed by atoms with van der Waals surface area (Å²) in [7, 11) is 0. The maximum atomic E-state index is 9.74. The molecule has 1 aliphatic rings. The molecule has 0 spiro atoms. The van der Waals surface area contributed by atoms with E-state index in [1.165, 1.54) is 0 Å². The van der Waals surface area contributed by atoms with Crippen LogP contribution in [0.15, 0.2) is 46.7 Å². The van der Waals surface area contributed by atoms with Crippen LogP contribution in [-0.4, -0.2) is 17.0 Å². The lowest BCUT2D eigenvalue weighted by atomic mass is 10.0. The fourth-order valence-electron chi connectivity index (χ4n) is 1.69. The van der Waals surface area contributed by atoms with Crippen LogP contribution in [0.1, 0.15) is 5.56 Å². The van der Waals surface area contributed by atoms with Gasteiger partial charge in [-0.3, -0.25) is 4.99 Å². The third-order valence-corrected chi connectivity index (χ3v) is 2.51. The Kier molecular flexibility index (Phi) is 2.61. The van der Waals surface area contributed by atoms with Gasteiger partial charge in [-0.1, -0.05) is 30.3 Å². The second kappa shape index (κ2) is 4.07. The molecule has 1 heterocycles. The van der Waals surface area contributed by atoms with E-state index in [2.05, 4.69) is 4.99 Å². The summed E-state index contributed by atoms with van der Waals surface area (Å²) in [6, 6.07) is 11.1. The molecule has 0 bridgehead atoms. The summed E-state index contributed by atoms with van der Waals surface area (Å²) in [6.07, 6.45) is 0.554. The SMILES string of the molecule is N#CC1=C(O)C(Cc2ccccc2)N=C1N. The number of nitrogens with two attached hydrogens (primary N) is 1. The Hall–Kier alpha value is -2.28. The van der Waals surface area contributed by atoms with Crippen molar-refractivity contribution in [3.05, 3.63) is 47.2 Å². The van der Waals surface area contributed by atoms with Crippen LogP contribution < -0.4 is 5.73 Å². The fourth-order valence-corrected chi connectivity index (χ4v) is 1.69. The first-order chi connectivity index (χ1) is 7.72. The highest BCUT2D eigenvalue weighted by Gasteiger charge is 2.26. The number of benzene rings is 1. The van der Waals surface area contributed by atoms with Crippen molar-refractivity contribution < 1.29 is 5.11 Å². The van der Waals surface area contributed by atoms with Gasteiger partial charge in [-0.15, -0.1) is 0 Å². The molecule has 0 fully saturated rings. The minimum absolute atomic E-state index is 0.0242. The van der Waals surface area contributed by atoms with Gasteiger partial charge in [0.25, 0.3) is 0 Å². The number of aliphatic hydroxyl groups is 1. The van der Waals surface area contributed by atoms with E-state index >= 15 is 0 Å². The summed E-state index contributed by atoms with van der Waals surface area (Å²) >= 11 is 0. The molecule has 1 aliphatic heterocycles. The third-order valence-electron chi connectivity index (χ3n) is 2.51. The average Bonchev–Trinajstić information content (AvgIpc) is 2.55. The minimum atomic E-state index is -0.419. The van der Waals surface area contributed by atoms with E-state index in [0.717, 1.165) is 5.56 Å². The van der Waals surface area contributed by atoms with E-state index < -0.39 is 6.04 Å². The van der Waals surface area contributed by atoms with Gasteiger partial charge in [-0.05, 0) is 5.56 Å². The first-order valence-corrected chi connectivity index (χ1v) is 4.93. The maximum absolute atomic E-state index is 9.74. The molecule has 0 saturated heterocycles. The van der Waals surface area contributed by atoms with Gasteiger partial charge in [0.1, 0.15) is 29.3 Å². The Morgan fingerprint density at radius 2 is 2.06 bits per heavy atom. The quantitative estimate of drug-likeness (QED) is 0.776. The topological polar surface area (TPSA) is 82.4 Å². The lowest BCUT2D eigenvalue weighted by Gasteiger charge is -2.07. The number of amidine groups is 1. The number of aliphatic imine (C=N–C) groups is 1. The Morgan fingerprint density at radius 1 is 1.38 bits per heavy atom. The lowest BCUT2D eigenvalue weighted by Crippen LogP contribution is -2.11. The summed E-state index contributed by atoms with van der Waals surface area (Å²) in [5.41, 5.74) is 6.68. The zero-order valence-electron chi connectivity index (χ0n) is 8.59. The van der Waals surface area contributed by atoms with Crippen molar-refractivity contribution in [3.63, 3.8) is 0 Å². The van der Waals surface area contributed by atoms with Crippen LogP contribution in [0.25, 0.3) is 0 Å². The van der Waals surface area contributed by atoms with Crippen LogP contribution in [0, 0.1) is 11.3 Å². The number of hydrogen-bond donors (Lipinski definition) is 2. The first kappa shape index (κ1) is 10.2. The molecule has 4 heteroatoms. The molecular formula is C12H11N3O. The van der Waals surface area contributed by atoms with Crippen molar-refractivity contribution in [3.8, 4) is 6.07 Å². The molecule has 1 aromatic rings. The van der Waals surface area contributed by atoms with Gasteiger partial charge in [-0.25, -0.2) is 0 Å². The highest BCUT2D eigenvalue weighted by atomic mass is 16.3. The van der Waals surface area contributed by atoms with Crippen LogP contribution in [0.2, 0.25) is 0 Å². The molecule has 3 N–H and O–H groups in total. The van der Waals surface area contributed by atoms with Gasteiger partial charge < -0.3 is 10.8 Å². The van der Waals surface area contributed by atoms with Gasteiger partial charge in [0.2, 0.25) is 0 Å². The smallest absolute Gasteiger partial charge is 0.140 e. The van der Waals surface area contributed by atoms with Crippen molar-refractivity contribution in [1.29, 1.82) is 5.26 Å². The molecule has 1 atom stereocenters. The molecule has 0 amide bonds. The minimum Gasteiger partial charge on any atom is -0.508 e. The third kappa shape index (κ3) is 1.75. The molecule has 0 saturated carbocycles. The van der Waals surface area contributed by atoms with E-state index in [0.29, 0.717) is 6.42 Å². The van der Waals surface area contributed by atoms with E-state index in [-0.39, 0.29) is 17.2 Å². The van der Waals surface area contributed by atoms with E-state index in [9.17, 15) is 5.11 Å². The van der Waals surface area contributed by atoms with Crippen LogP contribution in [-0.2, 0) is 6.42 Å². The molecule has 1 aromatic carbocycles. The number of nitriles is 1. The lowest BCUT2D eigenvalue weighted by molar-refractivity contribution is 0.370. The largest absolute Gasteiger partial charge is 0.508 e. The summed E-state index contributed by atoms with van der Waals surface area (Å²) in [4.78, 5) is 4.06. The van der Waals surface area contributed by atoms with Crippen LogP contribution >= 0.6 is 0 Å². The van der Waals surface area contributed by atoms with Crippen LogP contribution in [0.3, 0.4) is 0 Å². The molecule has 2 rings (SSSR count). The molecule has 0 radical (unpaired) electrons. The molecule has 0 aliphatic carbocycles. The normalized spacial score (nSPS) is 19.4. The zero-order valence-corrected chi connectivity index (χ0v) is 8.59. The van der Waals surface area contributed by atoms with Crippen LogP contribution in [0.4, 0.5) is 0 Å². The Labute approximate surface area is 93.3 Å². The average molecular weight is 213 g/mol. The fraction of sp³-hybridized carbons (Fsp3) is 0.167. The molecule has 0 aromatic heterocycles. The highest BCUT2D eigenvalue weighted by Crippen LogP contribution is 2.20. The Bertz CT molecular complexity index is 497. The standard InChI is InChI=1S/C12H11N3O/c13-7-9-11(16)10(15-12(9)14)6-8-4-2-1-3-5-8/h1-5,10,16H,6H2,(H2,14,15). The van der Waals surface area contributed by atoms with Gasteiger partial charge in [0.15, 0.2) is 0 Å². The first-order valence-electron chi connectivity index (χ1n) is 4.93. The van der Waals surface area contributed by atoms with Crippen molar-refractivity contribution in [2.45, 2.75) is 12.5 Å². The van der Waals surface area contributed by atoms with E-state index in [1.807, 2.05) is 36.4 Å². The van der Waals surface area contributed by atoms with Gasteiger partial charge in [-0.2, -0.15) is 5.26 Å². The molecule has 4 nitrogen and oxygen atoms in total. The summed E-state index contributed by atoms with van der Waals surface area (Å²) in [6.45, 7) is 0. The Balaban J connectivity index is 2.21. The predicted molar refractivity (Wildman–Crippen MR) is 60.8 cm³/mol. The van der Waals surface area contributed by atoms with Crippen LogP contribution in [0.5, 0.6) is 0 Å². The zero-order chi connectivity index (χ0) is 11.5. The number of aliphatic hydroxyl groups excluding tert-OH is 1. The number of hydrogen-bond acceptors (Lipinski definition) is 4. The number of nitrogens with zero attached hydrogens (tertiary/aromatic N) is 2. The summed E-state index contributed by atoms with van der Waals surface area (Å²) in [5.74, 6) is 0.102. The van der Waals surface area contributed by atoms with Crippen molar-refractivity contribution >= 4 is 5.84 Å². The van der Waals surface area contributed by atoms with Gasteiger partial charge in [0.05, 0.1) is 0 Å². The monoisotopic (exact) mass is 213 g/mol. The second-order valence-electron chi connectivity index (χ2n) is 3.59.